The fourth-order valence-electron chi connectivity index (χ4n) is 2.59. The van der Waals surface area contributed by atoms with Gasteiger partial charge in [-0.15, -0.1) is 0 Å². The Morgan fingerprint density at radius 3 is 2.00 bits per heavy atom. The average molecular weight is 284 g/mol. The van der Waals surface area contributed by atoms with Crippen molar-refractivity contribution in [2.75, 3.05) is 13.7 Å². The summed E-state index contributed by atoms with van der Waals surface area (Å²) in [5.74, 6) is 0.839. The molecule has 0 aliphatic heterocycles. The lowest BCUT2D eigenvalue weighted by Gasteiger charge is -2.28. The molecule has 0 aliphatic carbocycles. The van der Waals surface area contributed by atoms with Crippen LogP contribution in [0.2, 0.25) is 0 Å². The minimum absolute atomic E-state index is 0.120. The fourth-order valence-corrected chi connectivity index (χ4v) is 2.59. The number of aliphatic hydroxyl groups excluding tert-OH is 1. The van der Waals surface area contributed by atoms with E-state index in [1.807, 2.05) is 24.3 Å². The molecular formula is C19H24O2. The van der Waals surface area contributed by atoms with Crippen molar-refractivity contribution in [1.29, 1.82) is 0 Å². The predicted molar refractivity (Wildman–Crippen MR) is 87.0 cm³/mol. The molecule has 0 heterocycles. The summed E-state index contributed by atoms with van der Waals surface area (Å²) in [6.07, 6.45) is 1.87. The van der Waals surface area contributed by atoms with Gasteiger partial charge in [-0.05, 0) is 41.7 Å². The van der Waals surface area contributed by atoms with Crippen LogP contribution < -0.4 is 4.74 Å². The number of hydrogen-bond acceptors (Lipinski definition) is 2. The molecule has 1 atom stereocenters. The summed E-state index contributed by atoms with van der Waals surface area (Å²) < 4.78 is 5.20. The SMILES string of the molecule is CCc1ccc(CC(C)(CO)c2ccc(OC)cc2)cc1. The summed E-state index contributed by atoms with van der Waals surface area (Å²) in [6.45, 7) is 4.38. The molecule has 2 aromatic carbocycles. The minimum Gasteiger partial charge on any atom is -0.497 e. The molecule has 0 spiro atoms. The number of rotatable bonds is 6. The summed E-state index contributed by atoms with van der Waals surface area (Å²) in [5.41, 5.74) is 3.44. The second-order valence-electron chi connectivity index (χ2n) is 5.79. The molecule has 2 nitrogen and oxygen atoms in total. The Bertz CT molecular complexity index is 557. The van der Waals surface area contributed by atoms with Crippen molar-refractivity contribution < 1.29 is 9.84 Å². The zero-order chi connectivity index (χ0) is 15.3. The second kappa shape index (κ2) is 6.77. The van der Waals surface area contributed by atoms with Gasteiger partial charge in [-0.25, -0.2) is 0 Å². The van der Waals surface area contributed by atoms with Crippen molar-refractivity contribution in [1.82, 2.24) is 0 Å². The van der Waals surface area contributed by atoms with Crippen LogP contribution in [0.3, 0.4) is 0 Å². The fraction of sp³-hybridized carbons (Fsp3) is 0.368. The first-order valence-corrected chi connectivity index (χ1v) is 7.44. The lowest BCUT2D eigenvalue weighted by Crippen LogP contribution is -2.29. The monoisotopic (exact) mass is 284 g/mol. The highest BCUT2D eigenvalue weighted by Gasteiger charge is 2.26. The normalized spacial score (nSPS) is 13.7. The number of hydrogen-bond donors (Lipinski definition) is 1. The summed E-state index contributed by atoms with van der Waals surface area (Å²) in [5, 5.41) is 9.90. The van der Waals surface area contributed by atoms with E-state index in [0.29, 0.717) is 0 Å². The minimum atomic E-state index is -0.278. The molecule has 0 saturated carbocycles. The Morgan fingerprint density at radius 2 is 1.52 bits per heavy atom. The molecule has 1 unspecified atom stereocenters. The predicted octanol–water partition coefficient (Wildman–Crippen LogP) is 3.75. The molecule has 2 heteroatoms. The topological polar surface area (TPSA) is 29.5 Å². The van der Waals surface area contributed by atoms with Crippen molar-refractivity contribution in [3.8, 4) is 5.75 Å². The van der Waals surface area contributed by atoms with Crippen LogP contribution in [0.1, 0.15) is 30.5 Å². The van der Waals surface area contributed by atoms with Crippen LogP contribution in [0.5, 0.6) is 5.75 Å². The maximum atomic E-state index is 9.90. The quantitative estimate of drug-likeness (QED) is 0.875. The van der Waals surface area contributed by atoms with Gasteiger partial charge < -0.3 is 9.84 Å². The number of aliphatic hydroxyl groups is 1. The molecule has 2 rings (SSSR count). The number of methoxy groups -OCH3 is 1. The van der Waals surface area contributed by atoms with Gasteiger partial charge in [0.25, 0.3) is 0 Å². The van der Waals surface area contributed by atoms with Gasteiger partial charge in [0, 0.05) is 5.41 Å². The standard InChI is InChI=1S/C19H24O2/c1-4-15-5-7-16(8-6-15)13-19(2,14-20)17-9-11-18(21-3)12-10-17/h5-12,20H,4,13-14H2,1-3H3. The van der Waals surface area contributed by atoms with E-state index >= 15 is 0 Å². The first-order chi connectivity index (χ1) is 10.1. The first-order valence-electron chi connectivity index (χ1n) is 7.44. The number of ether oxygens (including phenoxy) is 1. The molecule has 0 aliphatic rings. The van der Waals surface area contributed by atoms with E-state index in [9.17, 15) is 5.11 Å². The van der Waals surface area contributed by atoms with E-state index in [0.717, 1.165) is 24.2 Å². The summed E-state index contributed by atoms with van der Waals surface area (Å²) in [6, 6.07) is 16.6. The molecule has 112 valence electrons. The summed E-state index contributed by atoms with van der Waals surface area (Å²) >= 11 is 0. The third-order valence-electron chi connectivity index (χ3n) is 4.16. The molecular weight excluding hydrogens is 260 g/mol. The Morgan fingerprint density at radius 1 is 0.952 bits per heavy atom. The molecule has 0 radical (unpaired) electrons. The Hall–Kier alpha value is -1.80. The van der Waals surface area contributed by atoms with E-state index in [1.54, 1.807) is 7.11 Å². The lowest BCUT2D eigenvalue weighted by molar-refractivity contribution is 0.204. The van der Waals surface area contributed by atoms with E-state index in [1.165, 1.54) is 11.1 Å². The largest absolute Gasteiger partial charge is 0.497 e. The van der Waals surface area contributed by atoms with Crippen LogP contribution in [0.15, 0.2) is 48.5 Å². The molecule has 2 aromatic rings. The van der Waals surface area contributed by atoms with Gasteiger partial charge in [0.1, 0.15) is 5.75 Å². The van der Waals surface area contributed by atoms with Gasteiger partial charge in [-0.3, -0.25) is 0 Å². The third kappa shape index (κ3) is 3.64. The molecule has 0 bridgehead atoms. The third-order valence-corrected chi connectivity index (χ3v) is 4.16. The van der Waals surface area contributed by atoms with Gasteiger partial charge in [-0.2, -0.15) is 0 Å². The second-order valence-corrected chi connectivity index (χ2v) is 5.79. The molecule has 21 heavy (non-hydrogen) atoms. The average Bonchev–Trinajstić information content (AvgIpc) is 2.55. The van der Waals surface area contributed by atoms with Crippen molar-refractivity contribution in [2.24, 2.45) is 0 Å². The van der Waals surface area contributed by atoms with Gasteiger partial charge in [-0.1, -0.05) is 50.2 Å². The van der Waals surface area contributed by atoms with Crippen LogP contribution in [-0.4, -0.2) is 18.8 Å². The van der Waals surface area contributed by atoms with E-state index < -0.39 is 0 Å². The highest BCUT2D eigenvalue weighted by atomic mass is 16.5. The maximum Gasteiger partial charge on any atom is 0.118 e. The van der Waals surface area contributed by atoms with Crippen molar-refractivity contribution in [2.45, 2.75) is 32.1 Å². The molecule has 0 saturated heterocycles. The van der Waals surface area contributed by atoms with Crippen LogP contribution >= 0.6 is 0 Å². The van der Waals surface area contributed by atoms with E-state index in [4.69, 9.17) is 4.74 Å². The Labute approximate surface area is 127 Å². The maximum absolute atomic E-state index is 9.90. The number of aryl methyl sites for hydroxylation is 1. The number of benzene rings is 2. The van der Waals surface area contributed by atoms with Gasteiger partial charge >= 0.3 is 0 Å². The molecule has 0 amide bonds. The van der Waals surface area contributed by atoms with Crippen molar-refractivity contribution in [3.05, 3.63) is 65.2 Å². The van der Waals surface area contributed by atoms with Crippen molar-refractivity contribution in [3.63, 3.8) is 0 Å². The van der Waals surface area contributed by atoms with Crippen LogP contribution in [0.4, 0.5) is 0 Å². The highest BCUT2D eigenvalue weighted by Crippen LogP contribution is 2.29. The molecule has 0 fully saturated rings. The molecule has 0 aromatic heterocycles. The van der Waals surface area contributed by atoms with E-state index in [2.05, 4.69) is 38.1 Å². The van der Waals surface area contributed by atoms with Gasteiger partial charge in [0.2, 0.25) is 0 Å². The smallest absolute Gasteiger partial charge is 0.118 e. The van der Waals surface area contributed by atoms with Crippen molar-refractivity contribution >= 4 is 0 Å². The van der Waals surface area contributed by atoms with Gasteiger partial charge in [0.05, 0.1) is 13.7 Å². The Balaban J connectivity index is 2.22. The first kappa shape index (κ1) is 15.6. The highest BCUT2D eigenvalue weighted by molar-refractivity contribution is 5.34. The summed E-state index contributed by atoms with van der Waals surface area (Å²) in [7, 11) is 1.66. The molecule has 1 N–H and O–H groups in total. The summed E-state index contributed by atoms with van der Waals surface area (Å²) in [4.78, 5) is 0. The lowest BCUT2D eigenvalue weighted by atomic mass is 9.78. The van der Waals surface area contributed by atoms with Crippen LogP contribution in [-0.2, 0) is 18.3 Å². The zero-order valence-corrected chi connectivity index (χ0v) is 13.1. The Kier molecular flexibility index (Phi) is 5.03. The van der Waals surface area contributed by atoms with Gasteiger partial charge in [0.15, 0.2) is 0 Å². The van der Waals surface area contributed by atoms with Crippen LogP contribution in [0, 0.1) is 0 Å². The van der Waals surface area contributed by atoms with Crippen LogP contribution in [0.25, 0.3) is 0 Å². The van der Waals surface area contributed by atoms with E-state index in [-0.39, 0.29) is 12.0 Å². The zero-order valence-electron chi connectivity index (χ0n) is 13.1.